The maximum atomic E-state index is 13.0. The van der Waals surface area contributed by atoms with Crippen LogP contribution in [0.15, 0.2) is 55.0 Å². The van der Waals surface area contributed by atoms with Gasteiger partial charge in [0.25, 0.3) is 11.8 Å². The quantitative estimate of drug-likeness (QED) is 0.372. The molecule has 202 valence electrons. The van der Waals surface area contributed by atoms with Crippen LogP contribution in [-0.2, 0) is 4.79 Å². The highest BCUT2D eigenvalue weighted by Gasteiger charge is 2.33. The summed E-state index contributed by atoms with van der Waals surface area (Å²) in [6, 6.07) is 10.9. The van der Waals surface area contributed by atoms with E-state index in [2.05, 4.69) is 32.0 Å². The average molecular weight is 535 g/mol. The summed E-state index contributed by atoms with van der Waals surface area (Å²) in [5, 5.41) is 2.91. The number of rotatable bonds is 5. The maximum absolute atomic E-state index is 13.0. The molecule has 2 fully saturated rings. The average Bonchev–Trinajstić information content (AvgIpc) is 3.74. The lowest BCUT2D eigenvalue weighted by Gasteiger charge is -2.21. The molecule has 5 heterocycles. The maximum Gasteiger partial charge on any atom is 0.299 e. The van der Waals surface area contributed by atoms with Gasteiger partial charge in [0.1, 0.15) is 28.7 Å². The molecule has 0 bridgehead atoms. The molecular formula is C30H30N8O2. The molecule has 10 nitrogen and oxygen atoms in total. The lowest BCUT2D eigenvalue weighted by molar-refractivity contribution is -0.126. The zero-order valence-electron chi connectivity index (χ0n) is 22.3. The number of hydrogen-bond donors (Lipinski definition) is 2. The van der Waals surface area contributed by atoms with E-state index in [1.165, 1.54) is 12.8 Å². The molecule has 3 aromatic heterocycles. The van der Waals surface area contributed by atoms with Gasteiger partial charge in [0.15, 0.2) is 0 Å². The number of pyridine rings is 1. The fourth-order valence-electron chi connectivity index (χ4n) is 5.61. The molecule has 6 rings (SSSR count). The zero-order valence-corrected chi connectivity index (χ0v) is 22.3. The molecule has 1 atom stereocenters. The number of amides is 2. The van der Waals surface area contributed by atoms with Crippen molar-refractivity contribution in [2.75, 3.05) is 35.6 Å². The standard InChI is InChI=1S/C30H30N8O2/c1-2-6-25(39)37-17-5-7-23(37)29-35-26(27-28(31)33-14-18-38(27)29)20-8-10-21(11-9-20)30(40)34-24-19-22(12-13-32-24)36-15-3-4-16-36/h8-14,18-19,23H,3-5,7,15-17H2,1H3,(H2,31,33)(H,32,34,40). The van der Waals surface area contributed by atoms with Crippen LogP contribution in [0.25, 0.3) is 16.8 Å². The van der Waals surface area contributed by atoms with Gasteiger partial charge in [-0.3, -0.25) is 14.0 Å². The number of imidazole rings is 1. The molecule has 0 radical (unpaired) electrons. The van der Waals surface area contributed by atoms with Crippen LogP contribution in [0.3, 0.4) is 0 Å². The van der Waals surface area contributed by atoms with Gasteiger partial charge in [-0.05, 0) is 56.7 Å². The SMILES string of the molecule is CC#CC(=O)N1CCCC1c1nc(-c2ccc(C(=O)Nc3cc(N4CCCC4)ccn3)cc2)c2c(N)nccn12. The van der Waals surface area contributed by atoms with Crippen molar-refractivity contribution < 1.29 is 9.59 Å². The number of hydrogen-bond acceptors (Lipinski definition) is 7. The Morgan fingerprint density at radius 3 is 2.60 bits per heavy atom. The van der Waals surface area contributed by atoms with Gasteiger partial charge in [0, 0.05) is 61.1 Å². The predicted molar refractivity (Wildman–Crippen MR) is 154 cm³/mol. The van der Waals surface area contributed by atoms with E-state index >= 15 is 0 Å². The first-order valence-electron chi connectivity index (χ1n) is 13.5. The molecule has 40 heavy (non-hydrogen) atoms. The summed E-state index contributed by atoms with van der Waals surface area (Å²) in [5.41, 5.74) is 9.99. The van der Waals surface area contributed by atoms with Gasteiger partial charge in [-0.1, -0.05) is 18.1 Å². The number of nitrogens with two attached hydrogens (primary N) is 1. The zero-order chi connectivity index (χ0) is 27.6. The number of nitrogen functional groups attached to an aromatic ring is 1. The molecule has 2 aliphatic heterocycles. The number of aromatic nitrogens is 4. The second kappa shape index (κ2) is 10.7. The number of nitrogens with zero attached hydrogens (tertiary/aromatic N) is 6. The van der Waals surface area contributed by atoms with E-state index in [0.29, 0.717) is 40.8 Å². The minimum Gasteiger partial charge on any atom is -0.382 e. The number of benzene rings is 1. The number of fused-ring (bicyclic) bond motifs is 1. The molecule has 3 N–H and O–H groups in total. The highest BCUT2D eigenvalue weighted by Crippen LogP contribution is 2.36. The first-order chi connectivity index (χ1) is 19.5. The van der Waals surface area contributed by atoms with Crippen LogP contribution in [0.4, 0.5) is 17.3 Å². The van der Waals surface area contributed by atoms with Gasteiger partial charge in [0.05, 0.1) is 6.04 Å². The number of carbonyl (C=O) groups excluding carboxylic acids is 2. The molecule has 1 aromatic carbocycles. The molecule has 2 saturated heterocycles. The lowest BCUT2D eigenvalue weighted by Crippen LogP contribution is -2.30. The molecule has 2 amide bonds. The van der Waals surface area contributed by atoms with Crippen LogP contribution in [0.2, 0.25) is 0 Å². The first kappa shape index (κ1) is 25.4. The Bertz CT molecular complexity index is 1640. The van der Waals surface area contributed by atoms with Crippen molar-refractivity contribution in [3.05, 3.63) is 66.4 Å². The van der Waals surface area contributed by atoms with Crippen molar-refractivity contribution in [1.82, 2.24) is 24.3 Å². The van der Waals surface area contributed by atoms with Gasteiger partial charge in [-0.15, -0.1) is 0 Å². The molecule has 0 aliphatic carbocycles. The Kier molecular flexibility index (Phi) is 6.78. The molecule has 4 aromatic rings. The van der Waals surface area contributed by atoms with E-state index in [1.807, 2.05) is 34.9 Å². The second-order valence-corrected chi connectivity index (χ2v) is 10.0. The van der Waals surface area contributed by atoms with E-state index in [9.17, 15) is 9.59 Å². The van der Waals surface area contributed by atoms with Crippen LogP contribution in [0.1, 0.15) is 54.8 Å². The first-order valence-corrected chi connectivity index (χ1v) is 13.5. The summed E-state index contributed by atoms with van der Waals surface area (Å²) in [5.74, 6) is 6.48. The number of likely N-dealkylation sites (tertiary alicyclic amines) is 1. The summed E-state index contributed by atoms with van der Waals surface area (Å²) in [6.45, 7) is 4.32. The van der Waals surface area contributed by atoms with Gasteiger partial charge in [0.2, 0.25) is 0 Å². The molecule has 1 unspecified atom stereocenters. The van der Waals surface area contributed by atoms with E-state index < -0.39 is 0 Å². The molecule has 10 heteroatoms. The number of nitrogens with one attached hydrogen (secondary N) is 1. The van der Waals surface area contributed by atoms with Gasteiger partial charge < -0.3 is 20.9 Å². The highest BCUT2D eigenvalue weighted by atomic mass is 16.2. The van der Waals surface area contributed by atoms with E-state index in [-0.39, 0.29) is 17.9 Å². The normalized spacial score (nSPS) is 16.7. The van der Waals surface area contributed by atoms with Crippen molar-refractivity contribution in [1.29, 1.82) is 0 Å². The smallest absolute Gasteiger partial charge is 0.299 e. The summed E-state index contributed by atoms with van der Waals surface area (Å²) in [7, 11) is 0. The van der Waals surface area contributed by atoms with Crippen LogP contribution in [0, 0.1) is 11.8 Å². The molecule has 0 spiro atoms. The molecule has 0 saturated carbocycles. The monoisotopic (exact) mass is 534 g/mol. The fourth-order valence-corrected chi connectivity index (χ4v) is 5.61. The Balaban J connectivity index is 1.28. The lowest BCUT2D eigenvalue weighted by atomic mass is 10.1. The van der Waals surface area contributed by atoms with E-state index in [4.69, 9.17) is 10.7 Å². The molecule has 2 aliphatic rings. The van der Waals surface area contributed by atoms with Gasteiger partial charge in [-0.2, -0.15) is 0 Å². The van der Waals surface area contributed by atoms with Gasteiger partial charge in [-0.25, -0.2) is 15.0 Å². The predicted octanol–water partition coefficient (Wildman–Crippen LogP) is 3.91. The van der Waals surface area contributed by atoms with Gasteiger partial charge >= 0.3 is 0 Å². The Morgan fingerprint density at radius 2 is 1.82 bits per heavy atom. The molecular weight excluding hydrogens is 504 g/mol. The summed E-state index contributed by atoms with van der Waals surface area (Å²) < 4.78 is 1.91. The third-order valence-corrected chi connectivity index (χ3v) is 7.53. The summed E-state index contributed by atoms with van der Waals surface area (Å²) in [4.78, 5) is 43.3. The fraction of sp³-hybridized carbons (Fsp3) is 0.300. The third-order valence-electron chi connectivity index (χ3n) is 7.53. The van der Waals surface area contributed by atoms with Crippen LogP contribution in [-0.4, -0.2) is 55.7 Å². The Morgan fingerprint density at radius 1 is 1.02 bits per heavy atom. The summed E-state index contributed by atoms with van der Waals surface area (Å²) in [6.07, 6.45) is 9.17. The largest absolute Gasteiger partial charge is 0.382 e. The number of anilines is 3. The Hall–Kier alpha value is -4.91. The summed E-state index contributed by atoms with van der Waals surface area (Å²) >= 11 is 0. The third kappa shape index (κ3) is 4.71. The minimum atomic E-state index is -0.244. The number of carbonyl (C=O) groups is 2. The topological polar surface area (TPSA) is 122 Å². The second-order valence-electron chi connectivity index (χ2n) is 10.0. The van der Waals surface area contributed by atoms with Crippen LogP contribution in [0.5, 0.6) is 0 Å². The van der Waals surface area contributed by atoms with Crippen LogP contribution >= 0.6 is 0 Å². The van der Waals surface area contributed by atoms with Crippen molar-refractivity contribution in [2.24, 2.45) is 0 Å². The Labute approximate surface area is 232 Å². The van der Waals surface area contributed by atoms with Crippen molar-refractivity contribution >= 4 is 34.7 Å². The van der Waals surface area contributed by atoms with Crippen molar-refractivity contribution in [3.8, 4) is 23.1 Å². The minimum absolute atomic E-state index is 0.207. The van der Waals surface area contributed by atoms with Crippen LogP contribution < -0.4 is 16.0 Å². The van der Waals surface area contributed by atoms with E-state index in [1.54, 1.807) is 36.4 Å². The van der Waals surface area contributed by atoms with E-state index in [0.717, 1.165) is 37.2 Å². The van der Waals surface area contributed by atoms with Crippen molar-refractivity contribution in [2.45, 2.75) is 38.6 Å². The highest BCUT2D eigenvalue weighted by molar-refractivity contribution is 6.04. The van der Waals surface area contributed by atoms with Crippen molar-refractivity contribution in [3.63, 3.8) is 0 Å².